The summed E-state index contributed by atoms with van der Waals surface area (Å²) in [5.74, 6) is 0.511. The molecule has 0 aromatic heterocycles. The number of carbonyl (C=O) groups is 1. The molecule has 1 amide bonds. The molecule has 1 aliphatic heterocycles. The van der Waals surface area contributed by atoms with Gasteiger partial charge >= 0.3 is 0 Å². The lowest BCUT2D eigenvalue weighted by Crippen LogP contribution is -2.36. The minimum Gasteiger partial charge on any atom is -0.494 e. The first kappa shape index (κ1) is 24.0. The Morgan fingerprint density at radius 1 is 1.03 bits per heavy atom. The molecular weight excluding hydrogens is 448 g/mol. The van der Waals surface area contributed by atoms with E-state index < -0.39 is 10.0 Å². The molecular formula is C27H30N2O4S. The maximum atomic E-state index is 13.3. The summed E-state index contributed by atoms with van der Waals surface area (Å²) in [4.78, 5) is 15.4. The Bertz CT molecular complexity index is 1290. The molecule has 0 radical (unpaired) electrons. The maximum absolute atomic E-state index is 13.3. The van der Waals surface area contributed by atoms with E-state index in [1.54, 1.807) is 49.5 Å². The van der Waals surface area contributed by atoms with E-state index >= 15 is 0 Å². The molecule has 178 valence electrons. The SMILES string of the molecule is CCOc1ccc(C(=O)N2CCc3ccccc3C2)cc1CN(C)S(=O)(=O)c1ccc(C)cc1. The Morgan fingerprint density at radius 3 is 2.44 bits per heavy atom. The summed E-state index contributed by atoms with van der Waals surface area (Å²) in [6, 6.07) is 20.2. The Kier molecular flexibility index (Phi) is 7.05. The fraction of sp³-hybridized carbons (Fsp3) is 0.296. The number of ether oxygens (including phenoxy) is 1. The van der Waals surface area contributed by atoms with Crippen molar-refractivity contribution in [1.82, 2.24) is 9.21 Å². The number of rotatable bonds is 7. The highest BCUT2D eigenvalue weighted by molar-refractivity contribution is 7.89. The molecule has 7 heteroatoms. The molecule has 0 aliphatic carbocycles. The lowest BCUT2D eigenvalue weighted by molar-refractivity contribution is 0.0734. The summed E-state index contributed by atoms with van der Waals surface area (Å²) in [6.45, 7) is 5.55. The average molecular weight is 479 g/mol. The van der Waals surface area contributed by atoms with Crippen molar-refractivity contribution < 1.29 is 17.9 Å². The third-order valence-corrected chi connectivity index (χ3v) is 7.96. The predicted octanol–water partition coefficient (Wildman–Crippen LogP) is 4.41. The van der Waals surface area contributed by atoms with Crippen LogP contribution in [-0.2, 0) is 29.5 Å². The van der Waals surface area contributed by atoms with E-state index in [0.29, 0.717) is 36.6 Å². The van der Waals surface area contributed by atoms with Gasteiger partial charge in [-0.2, -0.15) is 4.31 Å². The van der Waals surface area contributed by atoms with Crippen LogP contribution in [0.1, 0.15) is 39.5 Å². The van der Waals surface area contributed by atoms with Crippen LogP contribution >= 0.6 is 0 Å². The highest BCUT2D eigenvalue weighted by atomic mass is 32.2. The second-order valence-electron chi connectivity index (χ2n) is 8.58. The van der Waals surface area contributed by atoms with E-state index in [1.165, 1.54) is 9.87 Å². The zero-order chi connectivity index (χ0) is 24.3. The van der Waals surface area contributed by atoms with Crippen molar-refractivity contribution in [2.75, 3.05) is 20.2 Å². The third kappa shape index (κ3) is 5.00. The largest absolute Gasteiger partial charge is 0.494 e. The Labute approximate surface area is 201 Å². The molecule has 4 rings (SSSR count). The maximum Gasteiger partial charge on any atom is 0.254 e. The van der Waals surface area contributed by atoms with Gasteiger partial charge in [0, 0.05) is 37.8 Å². The van der Waals surface area contributed by atoms with Gasteiger partial charge in [-0.3, -0.25) is 4.79 Å². The molecule has 0 saturated heterocycles. The van der Waals surface area contributed by atoms with Gasteiger partial charge in [0.2, 0.25) is 10.0 Å². The van der Waals surface area contributed by atoms with Crippen molar-refractivity contribution in [1.29, 1.82) is 0 Å². The van der Waals surface area contributed by atoms with Crippen molar-refractivity contribution in [2.24, 2.45) is 0 Å². The summed E-state index contributed by atoms with van der Waals surface area (Å²) in [6.07, 6.45) is 0.823. The van der Waals surface area contributed by atoms with Crippen LogP contribution in [0, 0.1) is 6.92 Å². The first-order chi connectivity index (χ1) is 16.3. The van der Waals surface area contributed by atoms with Gasteiger partial charge in [0.05, 0.1) is 11.5 Å². The fourth-order valence-corrected chi connectivity index (χ4v) is 5.35. The van der Waals surface area contributed by atoms with E-state index in [2.05, 4.69) is 12.1 Å². The number of benzene rings is 3. The smallest absolute Gasteiger partial charge is 0.254 e. The van der Waals surface area contributed by atoms with Gasteiger partial charge in [0.25, 0.3) is 5.91 Å². The summed E-state index contributed by atoms with van der Waals surface area (Å²) in [5.41, 5.74) is 4.62. The molecule has 3 aromatic rings. The van der Waals surface area contributed by atoms with Crippen LogP contribution in [-0.4, -0.2) is 43.7 Å². The van der Waals surface area contributed by atoms with Crippen molar-refractivity contribution in [3.8, 4) is 5.75 Å². The number of hydrogen-bond donors (Lipinski definition) is 0. The molecule has 3 aromatic carbocycles. The summed E-state index contributed by atoms with van der Waals surface area (Å²) >= 11 is 0. The number of fused-ring (bicyclic) bond motifs is 1. The number of nitrogens with zero attached hydrogens (tertiary/aromatic N) is 2. The van der Waals surface area contributed by atoms with Crippen LogP contribution in [0.3, 0.4) is 0 Å². The molecule has 1 aliphatic rings. The van der Waals surface area contributed by atoms with Crippen LogP contribution in [0.5, 0.6) is 5.75 Å². The van der Waals surface area contributed by atoms with E-state index in [1.807, 2.05) is 30.9 Å². The molecule has 0 atom stereocenters. The highest BCUT2D eigenvalue weighted by Crippen LogP contribution is 2.27. The zero-order valence-electron chi connectivity index (χ0n) is 19.8. The summed E-state index contributed by atoms with van der Waals surface area (Å²) in [7, 11) is -2.15. The highest BCUT2D eigenvalue weighted by Gasteiger charge is 2.25. The van der Waals surface area contributed by atoms with Gasteiger partial charge in [-0.25, -0.2) is 8.42 Å². The van der Waals surface area contributed by atoms with Gasteiger partial charge in [0.1, 0.15) is 5.75 Å². The van der Waals surface area contributed by atoms with Crippen LogP contribution < -0.4 is 4.74 Å². The molecule has 0 bridgehead atoms. The Hall–Kier alpha value is -3.16. The normalized spacial score (nSPS) is 13.6. The van der Waals surface area contributed by atoms with Gasteiger partial charge in [-0.15, -0.1) is 0 Å². The lowest BCUT2D eigenvalue weighted by Gasteiger charge is -2.29. The van der Waals surface area contributed by atoms with Gasteiger partial charge in [-0.05, 0) is 61.7 Å². The molecule has 1 heterocycles. The van der Waals surface area contributed by atoms with Gasteiger partial charge in [0.15, 0.2) is 0 Å². The number of hydrogen-bond acceptors (Lipinski definition) is 4. The van der Waals surface area contributed by atoms with Crippen LogP contribution in [0.2, 0.25) is 0 Å². The van der Waals surface area contributed by atoms with E-state index in [0.717, 1.165) is 17.5 Å². The molecule has 34 heavy (non-hydrogen) atoms. The molecule has 0 N–H and O–H groups in total. The first-order valence-electron chi connectivity index (χ1n) is 11.4. The van der Waals surface area contributed by atoms with Gasteiger partial charge < -0.3 is 9.64 Å². The van der Waals surface area contributed by atoms with Crippen LogP contribution in [0.4, 0.5) is 0 Å². The quantitative estimate of drug-likeness (QED) is 0.504. The van der Waals surface area contributed by atoms with Crippen molar-refractivity contribution in [3.63, 3.8) is 0 Å². The molecule has 0 saturated carbocycles. The van der Waals surface area contributed by atoms with E-state index in [-0.39, 0.29) is 17.3 Å². The number of aryl methyl sites for hydroxylation is 1. The summed E-state index contributed by atoms with van der Waals surface area (Å²) in [5, 5.41) is 0. The van der Waals surface area contributed by atoms with Crippen LogP contribution in [0.15, 0.2) is 71.6 Å². The topological polar surface area (TPSA) is 66.9 Å². The molecule has 6 nitrogen and oxygen atoms in total. The third-order valence-electron chi connectivity index (χ3n) is 6.15. The standard InChI is InChI=1S/C27H30N2O4S/c1-4-33-26-14-11-22(27(30)29-16-15-21-7-5-6-8-23(21)19-29)17-24(26)18-28(3)34(31,32)25-12-9-20(2)10-13-25/h5-14,17H,4,15-16,18-19H2,1-3H3. The number of sulfonamides is 1. The van der Waals surface area contributed by atoms with Crippen molar-refractivity contribution >= 4 is 15.9 Å². The van der Waals surface area contributed by atoms with E-state index in [9.17, 15) is 13.2 Å². The molecule has 0 spiro atoms. The van der Waals surface area contributed by atoms with Crippen LogP contribution in [0.25, 0.3) is 0 Å². The molecule has 0 fully saturated rings. The zero-order valence-corrected chi connectivity index (χ0v) is 20.6. The Morgan fingerprint density at radius 2 is 1.74 bits per heavy atom. The second kappa shape index (κ2) is 9.99. The monoisotopic (exact) mass is 478 g/mol. The Balaban J connectivity index is 1.58. The van der Waals surface area contributed by atoms with Crippen molar-refractivity contribution in [2.45, 2.75) is 38.3 Å². The lowest BCUT2D eigenvalue weighted by atomic mass is 9.99. The second-order valence-corrected chi connectivity index (χ2v) is 10.6. The molecule has 0 unspecified atom stereocenters. The average Bonchev–Trinajstić information content (AvgIpc) is 2.84. The van der Waals surface area contributed by atoms with Gasteiger partial charge in [-0.1, -0.05) is 42.0 Å². The van der Waals surface area contributed by atoms with E-state index in [4.69, 9.17) is 4.74 Å². The van der Waals surface area contributed by atoms with Crippen molar-refractivity contribution in [3.05, 3.63) is 94.5 Å². The first-order valence-corrected chi connectivity index (χ1v) is 12.9. The number of carbonyl (C=O) groups excluding carboxylic acids is 1. The number of amides is 1. The predicted molar refractivity (Wildman–Crippen MR) is 132 cm³/mol. The summed E-state index contributed by atoms with van der Waals surface area (Å²) < 4.78 is 33.3. The fourth-order valence-electron chi connectivity index (χ4n) is 4.20. The minimum absolute atomic E-state index is 0.0668. The minimum atomic E-state index is -3.69.